The van der Waals surface area contributed by atoms with Gasteiger partial charge in [-0.05, 0) is 6.42 Å². The molecule has 1 aromatic heterocycles. The van der Waals surface area contributed by atoms with Crippen LogP contribution in [0.2, 0.25) is 0 Å². The molecule has 0 spiro atoms. The van der Waals surface area contributed by atoms with Gasteiger partial charge in [-0.2, -0.15) is 4.98 Å². The maximum absolute atomic E-state index is 11.2. The summed E-state index contributed by atoms with van der Waals surface area (Å²) in [5.74, 6) is 1.91. The lowest BCUT2D eigenvalue weighted by atomic mass is 10.2. The highest BCUT2D eigenvalue weighted by Crippen LogP contribution is 2.10. The van der Waals surface area contributed by atoms with Crippen molar-refractivity contribution in [3.63, 3.8) is 0 Å². The molecule has 0 amide bonds. The van der Waals surface area contributed by atoms with Crippen LogP contribution in [0.15, 0.2) is 4.79 Å². The Morgan fingerprint density at radius 2 is 2.38 bits per heavy atom. The van der Waals surface area contributed by atoms with Crippen LogP contribution in [0.1, 0.15) is 12.0 Å². The first-order valence-corrected chi connectivity index (χ1v) is 3.66. The highest BCUT2D eigenvalue weighted by atomic mass is 16.3. The number of hydrogen-bond acceptors (Lipinski definition) is 4. The third-order valence-electron chi connectivity index (χ3n) is 1.53. The zero-order chi connectivity index (χ0) is 9.84. The van der Waals surface area contributed by atoms with Crippen molar-refractivity contribution in [2.75, 3.05) is 5.73 Å². The van der Waals surface area contributed by atoms with E-state index < -0.39 is 5.56 Å². The minimum Gasteiger partial charge on any atom is -0.493 e. The number of nitrogens with two attached hydrogens (primary N) is 1. The lowest BCUT2D eigenvalue weighted by molar-refractivity contribution is 0.444. The van der Waals surface area contributed by atoms with E-state index in [1.807, 2.05) is 0 Å². The van der Waals surface area contributed by atoms with Gasteiger partial charge in [-0.3, -0.25) is 9.78 Å². The molecule has 13 heavy (non-hydrogen) atoms. The summed E-state index contributed by atoms with van der Waals surface area (Å²) in [4.78, 5) is 16.9. The van der Waals surface area contributed by atoms with Gasteiger partial charge in [0.05, 0.1) is 5.56 Å². The SMILES string of the molecule is C#CCCc1c(O)nc(N)[nH]c1=O. The van der Waals surface area contributed by atoms with Crippen molar-refractivity contribution in [2.45, 2.75) is 12.8 Å². The Hall–Kier alpha value is -1.96. The number of nitrogen functional groups attached to an aromatic ring is 1. The van der Waals surface area contributed by atoms with Crippen molar-refractivity contribution in [3.05, 3.63) is 15.9 Å². The smallest absolute Gasteiger partial charge is 0.259 e. The molecule has 0 aliphatic carbocycles. The summed E-state index contributed by atoms with van der Waals surface area (Å²) in [5.41, 5.74) is 4.92. The third-order valence-corrected chi connectivity index (χ3v) is 1.53. The zero-order valence-electron chi connectivity index (χ0n) is 6.87. The highest BCUT2D eigenvalue weighted by molar-refractivity contribution is 5.29. The number of nitrogens with zero attached hydrogens (tertiary/aromatic N) is 1. The molecule has 1 rings (SSSR count). The predicted molar refractivity (Wildman–Crippen MR) is 48.1 cm³/mol. The van der Waals surface area contributed by atoms with Crippen LogP contribution >= 0.6 is 0 Å². The molecule has 1 aromatic rings. The van der Waals surface area contributed by atoms with Crippen molar-refractivity contribution < 1.29 is 5.11 Å². The Morgan fingerprint density at radius 3 is 2.92 bits per heavy atom. The minimum atomic E-state index is -0.444. The Kier molecular flexibility index (Phi) is 2.55. The zero-order valence-corrected chi connectivity index (χ0v) is 6.87. The van der Waals surface area contributed by atoms with Gasteiger partial charge in [-0.15, -0.1) is 12.3 Å². The van der Waals surface area contributed by atoms with Crippen molar-refractivity contribution in [2.24, 2.45) is 0 Å². The summed E-state index contributed by atoms with van der Waals surface area (Å²) in [6.45, 7) is 0. The van der Waals surface area contributed by atoms with Crippen molar-refractivity contribution >= 4 is 5.95 Å². The number of aromatic nitrogens is 2. The largest absolute Gasteiger partial charge is 0.493 e. The molecule has 0 fully saturated rings. The van der Waals surface area contributed by atoms with E-state index >= 15 is 0 Å². The monoisotopic (exact) mass is 179 g/mol. The van der Waals surface area contributed by atoms with Gasteiger partial charge in [0.2, 0.25) is 11.8 Å². The average molecular weight is 179 g/mol. The van der Waals surface area contributed by atoms with Gasteiger partial charge in [0.1, 0.15) is 0 Å². The molecule has 0 aliphatic rings. The summed E-state index contributed by atoms with van der Waals surface area (Å²) < 4.78 is 0. The van der Waals surface area contributed by atoms with Gasteiger partial charge in [-0.1, -0.05) is 0 Å². The first kappa shape index (κ1) is 9.13. The fourth-order valence-corrected chi connectivity index (χ4v) is 0.925. The molecule has 0 radical (unpaired) electrons. The second kappa shape index (κ2) is 3.63. The third kappa shape index (κ3) is 1.99. The number of terminal acetylenes is 1. The van der Waals surface area contributed by atoms with Gasteiger partial charge in [0, 0.05) is 6.42 Å². The van der Waals surface area contributed by atoms with Gasteiger partial charge in [-0.25, -0.2) is 0 Å². The van der Waals surface area contributed by atoms with E-state index in [1.165, 1.54) is 0 Å². The van der Waals surface area contributed by atoms with Crippen LogP contribution < -0.4 is 11.3 Å². The Balaban J connectivity index is 3.08. The Bertz CT molecular complexity index is 403. The first-order chi connectivity index (χ1) is 6.15. The van der Waals surface area contributed by atoms with Crippen molar-refractivity contribution in [1.82, 2.24) is 9.97 Å². The molecule has 4 N–H and O–H groups in total. The minimum absolute atomic E-state index is 0.105. The number of anilines is 1. The summed E-state index contributed by atoms with van der Waals surface area (Å²) in [7, 11) is 0. The van der Waals surface area contributed by atoms with Gasteiger partial charge in [0.15, 0.2) is 0 Å². The topological polar surface area (TPSA) is 92.0 Å². The number of H-pyrrole nitrogens is 1. The van der Waals surface area contributed by atoms with Gasteiger partial charge in [0.25, 0.3) is 5.56 Å². The number of aromatic amines is 1. The average Bonchev–Trinajstić information content (AvgIpc) is 2.02. The number of hydrogen-bond donors (Lipinski definition) is 3. The van der Waals surface area contributed by atoms with Crippen LogP contribution in [0.25, 0.3) is 0 Å². The van der Waals surface area contributed by atoms with Crippen LogP contribution in [0.3, 0.4) is 0 Å². The maximum atomic E-state index is 11.2. The highest BCUT2D eigenvalue weighted by Gasteiger charge is 2.07. The molecule has 1 heterocycles. The lowest BCUT2D eigenvalue weighted by Gasteiger charge is -2.00. The molecule has 0 atom stereocenters. The summed E-state index contributed by atoms with van der Waals surface area (Å²) >= 11 is 0. The normalized spacial score (nSPS) is 9.46. The standard InChI is InChI=1S/C8H9N3O2/c1-2-3-4-5-6(12)10-8(9)11-7(5)13/h1H,3-4H2,(H4,9,10,11,12,13). The van der Waals surface area contributed by atoms with Crippen LogP contribution in [-0.2, 0) is 6.42 Å². The van der Waals surface area contributed by atoms with Gasteiger partial charge < -0.3 is 10.8 Å². The molecular weight excluding hydrogens is 170 g/mol. The number of aromatic hydroxyl groups is 1. The second-order valence-electron chi connectivity index (χ2n) is 2.46. The maximum Gasteiger partial charge on any atom is 0.259 e. The van der Waals surface area contributed by atoms with Crippen molar-refractivity contribution in [1.29, 1.82) is 0 Å². The molecule has 0 saturated heterocycles. The molecule has 0 unspecified atom stereocenters. The fourth-order valence-electron chi connectivity index (χ4n) is 0.925. The van der Waals surface area contributed by atoms with Crippen LogP contribution in [0.4, 0.5) is 5.95 Å². The number of rotatable bonds is 2. The van der Waals surface area contributed by atoms with Crippen LogP contribution in [0.5, 0.6) is 5.88 Å². The molecule has 0 saturated carbocycles. The van der Waals surface area contributed by atoms with E-state index in [9.17, 15) is 9.90 Å². The van der Waals surface area contributed by atoms with Gasteiger partial charge >= 0.3 is 0 Å². The number of nitrogens with one attached hydrogen (secondary N) is 1. The van der Waals surface area contributed by atoms with Crippen LogP contribution in [0, 0.1) is 12.3 Å². The molecule has 0 aromatic carbocycles. The summed E-state index contributed by atoms with van der Waals surface area (Å²) in [6.07, 6.45) is 5.69. The van der Waals surface area contributed by atoms with E-state index in [1.54, 1.807) is 0 Å². The first-order valence-electron chi connectivity index (χ1n) is 3.66. The summed E-state index contributed by atoms with van der Waals surface area (Å²) in [5, 5.41) is 9.22. The molecule has 0 bridgehead atoms. The molecule has 0 aliphatic heterocycles. The Morgan fingerprint density at radius 1 is 1.69 bits per heavy atom. The lowest BCUT2D eigenvalue weighted by Crippen LogP contribution is -2.16. The molecule has 5 heteroatoms. The quantitative estimate of drug-likeness (QED) is 0.540. The van der Waals surface area contributed by atoms with E-state index in [2.05, 4.69) is 15.9 Å². The summed E-state index contributed by atoms with van der Waals surface area (Å²) in [6, 6.07) is 0. The second-order valence-corrected chi connectivity index (χ2v) is 2.46. The predicted octanol–water partition coefficient (Wildman–Crippen LogP) is -0.377. The van der Waals surface area contributed by atoms with E-state index in [0.29, 0.717) is 12.8 Å². The van der Waals surface area contributed by atoms with Crippen molar-refractivity contribution in [3.8, 4) is 18.2 Å². The van der Waals surface area contributed by atoms with Crippen LogP contribution in [-0.4, -0.2) is 15.1 Å². The Labute approximate surface area is 74.6 Å². The molecular formula is C8H9N3O2. The molecule has 68 valence electrons. The fraction of sp³-hybridized carbons (Fsp3) is 0.250. The molecule has 5 nitrogen and oxygen atoms in total. The van der Waals surface area contributed by atoms with E-state index in [4.69, 9.17) is 12.2 Å². The van der Waals surface area contributed by atoms with E-state index in [0.717, 1.165) is 0 Å². The van der Waals surface area contributed by atoms with E-state index in [-0.39, 0.29) is 17.4 Å².